The summed E-state index contributed by atoms with van der Waals surface area (Å²) in [6, 6.07) is 3.67. The molecule has 1 aromatic carbocycles. The van der Waals surface area contributed by atoms with E-state index in [4.69, 9.17) is 5.73 Å². The van der Waals surface area contributed by atoms with Gasteiger partial charge < -0.3 is 10.8 Å². The van der Waals surface area contributed by atoms with E-state index in [1.807, 2.05) is 19.9 Å². The molecule has 1 aromatic rings. The Labute approximate surface area is 66.7 Å². The van der Waals surface area contributed by atoms with E-state index in [9.17, 15) is 5.11 Å². The zero-order chi connectivity index (χ0) is 8.43. The Hall–Kier alpha value is -1.18. The van der Waals surface area contributed by atoms with E-state index in [1.54, 1.807) is 6.07 Å². The third-order valence-corrected chi connectivity index (χ3v) is 1.77. The number of rotatable bonds is 1. The molecule has 0 saturated heterocycles. The van der Waals surface area contributed by atoms with Crippen LogP contribution in [0.5, 0.6) is 5.75 Å². The molecule has 3 N–H and O–H groups in total. The molecule has 0 spiro atoms. The fourth-order valence-corrected chi connectivity index (χ4v) is 1.14. The highest BCUT2D eigenvalue weighted by molar-refractivity contribution is 5.59. The van der Waals surface area contributed by atoms with Gasteiger partial charge in [-0.2, -0.15) is 0 Å². The van der Waals surface area contributed by atoms with Crippen molar-refractivity contribution in [3.8, 4) is 5.75 Å². The predicted molar refractivity (Wildman–Crippen MR) is 46.6 cm³/mol. The summed E-state index contributed by atoms with van der Waals surface area (Å²) in [5.41, 5.74) is 8.19. The maximum absolute atomic E-state index is 9.29. The van der Waals surface area contributed by atoms with Crippen molar-refractivity contribution in [2.45, 2.75) is 20.3 Å². The first-order chi connectivity index (χ1) is 5.15. The highest BCUT2D eigenvalue weighted by Gasteiger charge is 2.02. The molecule has 2 nitrogen and oxygen atoms in total. The molecule has 0 fully saturated rings. The maximum atomic E-state index is 9.29. The van der Waals surface area contributed by atoms with Gasteiger partial charge >= 0.3 is 0 Å². The number of hydrogen-bond donors (Lipinski definition) is 2. The fourth-order valence-electron chi connectivity index (χ4n) is 1.14. The summed E-state index contributed by atoms with van der Waals surface area (Å²) < 4.78 is 0. The molecule has 11 heavy (non-hydrogen) atoms. The quantitative estimate of drug-likeness (QED) is 0.475. The van der Waals surface area contributed by atoms with E-state index in [0.29, 0.717) is 5.69 Å². The van der Waals surface area contributed by atoms with Crippen LogP contribution in [0.25, 0.3) is 0 Å². The lowest BCUT2D eigenvalue weighted by Crippen LogP contribution is -1.93. The van der Waals surface area contributed by atoms with Crippen LogP contribution in [0.2, 0.25) is 0 Å². The number of nitrogens with two attached hydrogens (primary N) is 1. The molecule has 0 aromatic heterocycles. The van der Waals surface area contributed by atoms with Gasteiger partial charge in [0.25, 0.3) is 0 Å². The van der Waals surface area contributed by atoms with Crippen LogP contribution in [-0.4, -0.2) is 5.11 Å². The van der Waals surface area contributed by atoms with E-state index < -0.39 is 0 Å². The Morgan fingerprint density at radius 2 is 2.09 bits per heavy atom. The molecule has 0 aliphatic heterocycles. The zero-order valence-corrected chi connectivity index (χ0v) is 6.89. The number of phenols is 1. The summed E-state index contributed by atoms with van der Waals surface area (Å²) in [5, 5.41) is 9.29. The summed E-state index contributed by atoms with van der Waals surface area (Å²) in [5.74, 6) is 0.196. The number of hydrogen-bond acceptors (Lipinski definition) is 2. The second kappa shape index (κ2) is 2.82. The second-order valence-electron chi connectivity index (χ2n) is 2.71. The Morgan fingerprint density at radius 3 is 2.64 bits per heavy atom. The van der Waals surface area contributed by atoms with Crippen LogP contribution in [0.3, 0.4) is 0 Å². The Kier molecular flexibility index (Phi) is 2.03. The van der Waals surface area contributed by atoms with E-state index in [-0.39, 0.29) is 5.75 Å². The lowest BCUT2D eigenvalue weighted by atomic mass is 10.1. The van der Waals surface area contributed by atoms with Crippen molar-refractivity contribution in [3.05, 3.63) is 23.3 Å². The van der Waals surface area contributed by atoms with Crippen molar-refractivity contribution >= 4 is 5.69 Å². The second-order valence-corrected chi connectivity index (χ2v) is 2.71. The van der Waals surface area contributed by atoms with Crippen molar-refractivity contribution in [2.24, 2.45) is 0 Å². The summed E-state index contributed by atoms with van der Waals surface area (Å²) in [7, 11) is 0. The van der Waals surface area contributed by atoms with Gasteiger partial charge in [0.05, 0.1) is 5.69 Å². The molecular weight excluding hydrogens is 138 g/mol. The molecule has 0 unspecified atom stereocenters. The molecule has 0 aliphatic carbocycles. The van der Waals surface area contributed by atoms with Crippen molar-refractivity contribution in [1.29, 1.82) is 0 Å². The van der Waals surface area contributed by atoms with Crippen molar-refractivity contribution in [2.75, 3.05) is 5.73 Å². The number of aromatic hydroxyl groups is 1. The zero-order valence-electron chi connectivity index (χ0n) is 6.89. The summed E-state index contributed by atoms with van der Waals surface area (Å²) in [4.78, 5) is 0. The van der Waals surface area contributed by atoms with Crippen molar-refractivity contribution in [1.82, 2.24) is 0 Å². The average molecular weight is 151 g/mol. The molecule has 60 valence electrons. The van der Waals surface area contributed by atoms with Crippen LogP contribution in [-0.2, 0) is 6.42 Å². The molecule has 0 atom stereocenters. The number of anilines is 1. The number of phenolic OH excluding ortho intramolecular Hbond substituents is 1. The van der Waals surface area contributed by atoms with Gasteiger partial charge in [-0.05, 0) is 30.5 Å². The van der Waals surface area contributed by atoms with Gasteiger partial charge in [-0.15, -0.1) is 0 Å². The summed E-state index contributed by atoms with van der Waals surface area (Å²) in [6.45, 7) is 3.96. The van der Waals surface area contributed by atoms with Gasteiger partial charge in [-0.25, -0.2) is 0 Å². The van der Waals surface area contributed by atoms with Crippen LogP contribution < -0.4 is 5.73 Å². The van der Waals surface area contributed by atoms with Gasteiger partial charge in [0, 0.05) is 0 Å². The standard InChI is InChI=1S/C9H13NO/c1-3-7-4-6(2)5-8(11)9(7)10/h4-5,11H,3,10H2,1-2H3. The largest absolute Gasteiger partial charge is 0.506 e. The minimum atomic E-state index is 0.196. The molecule has 0 amide bonds. The van der Waals surface area contributed by atoms with Gasteiger partial charge in [0.15, 0.2) is 0 Å². The molecule has 0 saturated carbocycles. The van der Waals surface area contributed by atoms with Crippen LogP contribution in [0.4, 0.5) is 5.69 Å². The van der Waals surface area contributed by atoms with Gasteiger partial charge in [-0.3, -0.25) is 0 Å². The monoisotopic (exact) mass is 151 g/mol. The lowest BCUT2D eigenvalue weighted by Gasteiger charge is -2.05. The van der Waals surface area contributed by atoms with Gasteiger partial charge in [-0.1, -0.05) is 13.0 Å². The van der Waals surface area contributed by atoms with E-state index >= 15 is 0 Å². The van der Waals surface area contributed by atoms with E-state index in [1.165, 1.54) is 0 Å². The molecular formula is C9H13NO. The smallest absolute Gasteiger partial charge is 0.139 e. The molecule has 0 bridgehead atoms. The highest BCUT2D eigenvalue weighted by atomic mass is 16.3. The first-order valence-corrected chi connectivity index (χ1v) is 3.73. The SMILES string of the molecule is CCc1cc(C)cc(O)c1N. The van der Waals surface area contributed by atoms with Gasteiger partial charge in [0.1, 0.15) is 5.75 Å². The molecule has 0 heterocycles. The summed E-state index contributed by atoms with van der Waals surface area (Å²) in [6.07, 6.45) is 0.862. The first-order valence-electron chi connectivity index (χ1n) is 3.73. The van der Waals surface area contributed by atoms with Crippen LogP contribution in [0.15, 0.2) is 12.1 Å². The number of benzene rings is 1. The first kappa shape index (κ1) is 7.92. The number of aryl methyl sites for hydroxylation is 2. The fraction of sp³-hybridized carbons (Fsp3) is 0.333. The lowest BCUT2D eigenvalue weighted by molar-refractivity contribution is 0.477. The van der Waals surface area contributed by atoms with Gasteiger partial charge in [0.2, 0.25) is 0 Å². The Bertz CT molecular complexity index is 269. The maximum Gasteiger partial charge on any atom is 0.139 e. The Balaban J connectivity index is 3.24. The normalized spacial score (nSPS) is 10.0. The molecule has 0 aliphatic rings. The minimum Gasteiger partial charge on any atom is -0.506 e. The van der Waals surface area contributed by atoms with Crippen LogP contribution in [0, 0.1) is 6.92 Å². The highest BCUT2D eigenvalue weighted by Crippen LogP contribution is 2.25. The van der Waals surface area contributed by atoms with Crippen LogP contribution >= 0.6 is 0 Å². The number of nitrogen functional groups attached to an aromatic ring is 1. The van der Waals surface area contributed by atoms with Crippen molar-refractivity contribution in [3.63, 3.8) is 0 Å². The van der Waals surface area contributed by atoms with E-state index in [0.717, 1.165) is 17.5 Å². The predicted octanol–water partition coefficient (Wildman–Crippen LogP) is 1.85. The van der Waals surface area contributed by atoms with Crippen LogP contribution in [0.1, 0.15) is 18.1 Å². The van der Waals surface area contributed by atoms with Crippen molar-refractivity contribution < 1.29 is 5.11 Å². The van der Waals surface area contributed by atoms with E-state index in [2.05, 4.69) is 0 Å². The molecule has 0 radical (unpaired) electrons. The average Bonchev–Trinajstić information content (AvgIpc) is 1.96. The summed E-state index contributed by atoms with van der Waals surface area (Å²) >= 11 is 0. The topological polar surface area (TPSA) is 46.2 Å². The minimum absolute atomic E-state index is 0.196. The molecule has 2 heteroatoms. The third-order valence-electron chi connectivity index (χ3n) is 1.77. The molecule has 1 rings (SSSR count). The third kappa shape index (κ3) is 1.45. The Morgan fingerprint density at radius 1 is 1.45 bits per heavy atom.